The zero-order valence-corrected chi connectivity index (χ0v) is 18.0. The molecule has 158 valence electrons. The highest BCUT2D eigenvalue weighted by Crippen LogP contribution is 2.24. The van der Waals surface area contributed by atoms with E-state index >= 15 is 0 Å². The Labute approximate surface area is 176 Å². The minimum Gasteiger partial charge on any atom is -0.268 e. The summed E-state index contributed by atoms with van der Waals surface area (Å²) in [7, 11) is -8.75. The Morgan fingerprint density at radius 2 is 1.67 bits per heavy atom. The number of nitrogens with two attached hydrogens (primary N) is 1. The van der Waals surface area contributed by atoms with Gasteiger partial charge < -0.3 is 0 Å². The van der Waals surface area contributed by atoms with E-state index in [4.69, 9.17) is 5.14 Å². The third kappa shape index (κ3) is 5.08. The molecule has 1 aliphatic rings. The summed E-state index contributed by atoms with van der Waals surface area (Å²) in [6, 6.07) is 9.72. The summed E-state index contributed by atoms with van der Waals surface area (Å²) in [6.07, 6.45) is 4.59. The van der Waals surface area contributed by atoms with Crippen LogP contribution in [0.1, 0.15) is 47.2 Å². The van der Waals surface area contributed by atoms with Crippen molar-refractivity contribution in [2.75, 3.05) is 0 Å². The van der Waals surface area contributed by atoms with Crippen LogP contribution in [0.4, 0.5) is 0 Å². The van der Waals surface area contributed by atoms with Crippen molar-refractivity contribution in [3.8, 4) is 11.8 Å². The summed E-state index contributed by atoms with van der Waals surface area (Å²) < 4.78 is 50.6. The predicted molar refractivity (Wildman–Crippen MR) is 112 cm³/mol. The van der Waals surface area contributed by atoms with Crippen LogP contribution in [0.15, 0.2) is 52.3 Å². The Hall–Kier alpha value is -2.67. The number of carbonyl (C=O) groups excluding carboxylic acids is 1. The summed E-state index contributed by atoms with van der Waals surface area (Å²) in [5, 5.41) is 5.09. The minimum absolute atomic E-state index is 0.151. The van der Waals surface area contributed by atoms with Crippen molar-refractivity contribution in [2.24, 2.45) is 11.1 Å². The molecule has 1 amide bonds. The fourth-order valence-corrected chi connectivity index (χ4v) is 5.74. The van der Waals surface area contributed by atoms with E-state index in [1.54, 1.807) is 19.1 Å². The molecule has 0 spiro atoms. The number of sulfonamides is 2. The monoisotopic (exact) mass is 446 g/mol. The molecule has 0 unspecified atom stereocenters. The standard InChI is InChI=1S/C21H22N2O5S2/c1-15-14-17(11-10-16-6-2-3-7-16)12-13-18(15)21(24)23-30(27,28)20-9-5-4-8-19(20)29(22,25)26/h4-5,8-9,12-14,16H,2-3,6-7H2,1H3,(H,23,24)(H2,22,25,26). The lowest BCUT2D eigenvalue weighted by Crippen LogP contribution is -2.32. The highest BCUT2D eigenvalue weighted by atomic mass is 32.2. The molecule has 3 N–H and O–H groups in total. The van der Waals surface area contributed by atoms with Crippen LogP contribution in [-0.2, 0) is 20.0 Å². The summed E-state index contributed by atoms with van der Waals surface area (Å²) >= 11 is 0. The van der Waals surface area contributed by atoms with Crippen LogP contribution in [0.3, 0.4) is 0 Å². The molecule has 3 rings (SSSR count). The topological polar surface area (TPSA) is 123 Å². The molecule has 0 aliphatic heterocycles. The van der Waals surface area contributed by atoms with E-state index in [-0.39, 0.29) is 5.56 Å². The lowest BCUT2D eigenvalue weighted by molar-refractivity contribution is 0.0980. The average Bonchev–Trinajstić information content (AvgIpc) is 3.19. The van der Waals surface area contributed by atoms with Gasteiger partial charge in [0.1, 0.15) is 9.79 Å². The molecule has 0 atom stereocenters. The van der Waals surface area contributed by atoms with Gasteiger partial charge in [0.15, 0.2) is 0 Å². The Morgan fingerprint density at radius 3 is 2.27 bits per heavy atom. The Kier molecular flexibility index (Phi) is 6.31. The fraction of sp³-hybridized carbons (Fsp3) is 0.286. The summed E-state index contributed by atoms with van der Waals surface area (Å²) in [6.45, 7) is 1.68. The Bertz CT molecular complexity index is 1250. The van der Waals surface area contributed by atoms with Crippen LogP contribution in [-0.4, -0.2) is 22.7 Å². The number of benzene rings is 2. The smallest absolute Gasteiger partial charge is 0.265 e. The SMILES string of the molecule is Cc1cc(C#CC2CCCC2)ccc1C(=O)NS(=O)(=O)c1ccccc1S(N)(=O)=O. The number of aryl methyl sites for hydroxylation is 1. The molecular formula is C21H22N2O5S2. The van der Waals surface area contributed by atoms with Crippen LogP contribution in [0.25, 0.3) is 0 Å². The van der Waals surface area contributed by atoms with Crippen molar-refractivity contribution < 1.29 is 21.6 Å². The van der Waals surface area contributed by atoms with Gasteiger partial charge in [-0.1, -0.05) is 36.8 Å². The minimum atomic E-state index is -4.46. The molecule has 0 radical (unpaired) electrons. The number of nitrogens with one attached hydrogen (secondary N) is 1. The Morgan fingerprint density at radius 1 is 1.03 bits per heavy atom. The quantitative estimate of drug-likeness (QED) is 0.698. The number of carbonyl (C=O) groups is 1. The highest BCUT2D eigenvalue weighted by Gasteiger charge is 2.26. The van der Waals surface area contributed by atoms with Crippen molar-refractivity contribution in [2.45, 2.75) is 42.4 Å². The fourth-order valence-electron chi connectivity index (χ4n) is 3.39. The summed E-state index contributed by atoms with van der Waals surface area (Å²) in [5.74, 6) is 5.88. The molecule has 30 heavy (non-hydrogen) atoms. The molecule has 2 aromatic rings. The predicted octanol–water partition coefficient (Wildman–Crippen LogP) is 2.30. The number of amides is 1. The van der Waals surface area contributed by atoms with Gasteiger partial charge in [0, 0.05) is 17.0 Å². The van der Waals surface area contributed by atoms with E-state index in [0.29, 0.717) is 11.5 Å². The molecule has 0 saturated heterocycles. The van der Waals surface area contributed by atoms with Gasteiger partial charge >= 0.3 is 0 Å². The number of hydrogen-bond donors (Lipinski definition) is 2. The summed E-state index contributed by atoms with van der Waals surface area (Å²) in [5.41, 5.74) is 1.46. The van der Waals surface area contributed by atoms with Gasteiger partial charge in [0.05, 0.1) is 0 Å². The zero-order chi connectivity index (χ0) is 21.9. The van der Waals surface area contributed by atoms with E-state index in [2.05, 4.69) is 11.8 Å². The normalized spacial score (nSPS) is 14.7. The molecule has 1 aliphatic carbocycles. The van der Waals surface area contributed by atoms with Crippen molar-refractivity contribution in [1.29, 1.82) is 0 Å². The van der Waals surface area contributed by atoms with Crippen LogP contribution in [0.2, 0.25) is 0 Å². The maximum atomic E-state index is 12.6. The van der Waals surface area contributed by atoms with E-state index in [0.717, 1.165) is 30.5 Å². The number of hydrogen-bond acceptors (Lipinski definition) is 5. The van der Waals surface area contributed by atoms with E-state index in [1.807, 2.05) is 4.72 Å². The van der Waals surface area contributed by atoms with Crippen molar-refractivity contribution in [3.05, 3.63) is 59.2 Å². The third-order valence-corrected chi connectivity index (χ3v) is 7.41. The third-order valence-electron chi connectivity index (χ3n) is 4.92. The molecule has 0 heterocycles. The van der Waals surface area contributed by atoms with E-state index in [9.17, 15) is 21.6 Å². The molecule has 1 saturated carbocycles. The molecule has 0 aromatic heterocycles. The average molecular weight is 447 g/mol. The maximum Gasteiger partial charge on any atom is 0.265 e. The molecule has 9 heteroatoms. The molecule has 1 fully saturated rings. The van der Waals surface area contributed by atoms with Gasteiger partial charge in [-0.15, -0.1) is 0 Å². The summed E-state index contributed by atoms with van der Waals surface area (Å²) in [4.78, 5) is 11.4. The van der Waals surface area contributed by atoms with Gasteiger partial charge in [-0.25, -0.2) is 26.7 Å². The zero-order valence-electron chi connectivity index (χ0n) is 16.4. The second kappa shape index (κ2) is 8.60. The van der Waals surface area contributed by atoms with Crippen LogP contribution >= 0.6 is 0 Å². The van der Waals surface area contributed by atoms with E-state index in [1.165, 1.54) is 31.0 Å². The Balaban J connectivity index is 1.84. The number of rotatable bonds is 4. The molecule has 2 aromatic carbocycles. The van der Waals surface area contributed by atoms with Crippen LogP contribution in [0, 0.1) is 24.7 Å². The van der Waals surface area contributed by atoms with Crippen molar-refractivity contribution >= 4 is 26.0 Å². The first-order valence-electron chi connectivity index (χ1n) is 9.39. The van der Waals surface area contributed by atoms with Crippen molar-refractivity contribution in [3.63, 3.8) is 0 Å². The van der Waals surface area contributed by atoms with E-state index < -0.39 is 35.7 Å². The van der Waals surface area contributed by atoms with Gasteiger partial charge in [0.2, 0.25) is 10.0 Å². The molecular weight excluding hydrogens is 424 g/mol. The van der Waals surface area contributed by atoms with Gasteiger partial charge in [-0.3, -0.25) is 4.79 Å². The van der Waals surface area contributed by atoms with Crippen molar-refractivity contribution in [1.82, 2.24) is 4.72 Å². The van der Waals surface area contributed by atoms with Gasteiger partial charge in [0.25, 0.3) is 15.9 Å². The first-order chi connectivity index (χ1) is 14.1. The largest absolute Gasteiger partial charge is 0.268 e. The maximum absolute atomic E-state index is 12.6. The molecule has 0 bridgehead atoms. The first-order valence-corrected chi connectivity index (χ1v) is 12.4. The molecule has 7 nitrogen and oxygen atoms in total. The van der Waals surface area contributed by atoms with Gasteiger partial charge in [-0.05, 0) is 55.7 Å². The number of primary sulfonamides is 1. The van der Waals surface area contributed by atoms with Gasteiger partial charge in [-0.2, -0.15) is 0 Å². The first kappa shape index (κ1) is 22.0. The van der Waals surface area contributed by atoms with Crippen LogP contribution < -0.4 is 9.86 Å². The highest BCUT2D eigenvalue weighted by molar-refractivity contribution is 7.92. The second-order valence-corrected chi connectivity index (χ2v) is 10.4. The lowest BCUT2D eigenvalue weighted by atomic mass is 10.0. The van der Waals surface area contributed by atoms with Crippen LogP contribution in [0.5, 0.6) is 0 Å². The lowest BCUT2D eigenvalue weighted by Gasteiger charge is -2.11. The second-order valence-electron chi connectivity index (χ2n) is 7.21.